The first-order valence-corrected chi connectivity index (χ1v) is 7.57. The van der Waals surface area contributed by atoms with Crippen LogP contribution in [-0.4, -0.2) is 25.3 Å². The molecule has 1 saturated carbocycles. The van der Waals surface area contributed by atoms with Crippen LogP contribution in [0, 0.1) is 0 Å². The summed E-state index contributed by atoms with van der Waals surface area (Å²) in [5, 5.41) is 0. The number of anilines is 1. The molecule has 1 aliphatic rings. The van der Waals surface area contributed by atoms with Crippen molar-refractivity contribution in [1.29, 1.82) is 0 Å². The van der Waals surface area contributed by atoms with E-state index in [2.05, 4.69) is 4.72 Å². The van der Waals surface area contributed by atoms with Gasteiger partial charge in [-0.25, -0.2) is 0 Å². The molecule has 1 aromatic rings. The Morgan fingerprint density at radius 2 is 2.06 bits per heavy atom. The number of nitrogen functional groups attached to an aromatic ring is 1. The van der Waals surface area contributed by atoms with Crippen LogP contribution in [-0.2, 0) is 16.8 Å². The third-order valence-corrected chi connectivity index (χ3v) is 4.69. The molecule has 0 radical (unpaired) electrons. The van der Waals surface area contributed by atoms with Crippen molar-refractivity contribution >= 4 is 15.9 Å². The summed E-state index contributed by atoms with van der Waals surface area (Å²) >= 11 is 0. The summed E-state index contributed by atoms with van der Waals surface area (Å²) < 4.78 is 28.3. The molecule has 0 aromatic heterocycles. The van der Waals surface area contributed by atoms with Gasteiger partial charge in [-0.2, -0.15) is 17.4 Å². The summed E-state index contributed by atoms with van der Waals surface area (Å²) in [6.07, 6.45) is 1.87. The van der Waals surface area contributed by atoms with Crippen LogP contribution in [0.1, 0.15) is 25.3 Å². The van der Waals surface area contributed by atoms with Gasteiger partial charge in [0.1, 0.15) is 0 Å². The van der Waals surface area contributed by atoms with Gasteiger partial charge in [-0.3, -0.25) is 0 Å². The molecule has 3 N–H and O–H groups in total. The third kappa shape index (κ3) is 3.22. The molecule has 0 spiro atoms. The molecule has 6 heteroatoms. The number of benzene rings is 1. The molecule has 0 amide bonds. The van der Waals surface area contributed by atoms with Crippen LogP contribution < -0.4 is 10.5 Å². The highest BCUT2D eigenvalue weighted by Gasteiger charge is 2.30. The molecule has 18 heavy (non-hydrogen) atoms. The standard InChI is InChI=1S/C12H19N3O2S/c1-2-15(18(16,17)14-11-7-8-11)9-10-5-3-4-6-12(10)13/h3-6,11,14H,2,7-9,13H2,1H3. The average molecular weight is 269 g/mol. The maximum absolute atomic E-state index is 12.1. The lowest BCUT2D eigenvalue weighted by atomic mass is 10.2. The van der Waals surface area contributed by atoms with Crippen molar-refractivity contribution in [2.75, 3.05) is 12.3 Å². The lowest BCUT2D eigenvalue weighted by Crippen LogP contribution is -2.41. The van der Waals surface area contributed by atoms with Crippen molar-refractivity contribution in [3.63, 3.8) is 0 Å². The lowest BCUT2D eigenvalue weighted by molar-refractivity contribution is 0.414. The van der Waals surface area contributed by atoms with Gasteiger partial charge in [0.15, 0.2) is 0 Å². The summed E-state index contributed by atoms with van der Waals surface area (Å²) in [5.41, 5.74) is 7.30. The van der Waals surface area contributed by atoms with E-state index in [1.807, 2.05) is 25.1 Å². The third-order valence-electron chi connectivity index (χ3n) is 2.99. The Hall–Kier alpha value is -1.11. The normalized spacial score (nSPS) is 16.1. The molecule has 0 aliphatic heterocycles. The number of hydrogen-bond donors (Lipinski definition) is 2. The van der Waals surface area contributed by atoms with E-state index in [1.165, 1.54) is 4.31 Å². The summed E-state index contributed by atoms with van der Waals surface area (Å²) in [6, 6.07) is 7.46. The van der Waals surface area contributed by atoms with E-state index in [1.54, 1.807) is 6.07 Å². The van der Waals surface area contributed by atoms with Crippen molar-refractivity contribution in [2.45, 2.75) is 32.4 Å². The van der Waals surface area contributed by atoms with Crippen molar-refractivity contribution in [2.24, 2.45) is 0 Å². The number of hydrogen-bond acceptors (Lipinski definition) is 3. The summed E-state index contributed by atoms with van der Waals surface area (Å²) in [5.74, 6) is 0. The minimum Gasteiger partial charge on any atom is -0.398 e. The molecule has 0 unspecified atom stereocenters. The van der Waals surface area contributed by atoms with Crippen molar-refractivity contribution < 1.29 is 8.42 Å². The van der Waals surface area contributed by atoms with Crippen LogP contribution in [0.25, 0.3) is 0 Å². The first kappa shape index (κ1) is 13.3. The van der Waals surface area contributed by atoms with Crippen molar-refractivity contribution in [3.05, 3.63) is 29.8 Å². The number of nitrogens with two attached hydrogens (primary N) is 1. The van der Waals surface area contributed by atoms with Gasteiger partial charge in [-0.1, -0.05) is 25.1 Å². The molecule has 0 heterocycles. The van der Waals surface area contributed by atoms with Crippen LogP contribution in [0.15, 0.2) is 24.3 Å². The Bertz CT molecular complexity index is 512. The largest absolute Gasteiger partial charge is 0.398 e. The highest BCUT2D eigenvalue weighted by molar-refractivity contribution is 7.87. The Morgan fingerprint density at radius 1 is 1.39 bits per heavy atom. The van der Waals surface area contributed by atoms with Gasteiger partial charge in [0, 0.05) is 24.8 Å². The monoisotopic (exact) mass is 269 g/mol. The minimum absolute atomic E-state index is 0.122. The molecule has 100 valence electrons. The van der Waals surface area contributed by atoms with Crippen LogP contribution in [0.2, 0.25) is 0 Å². The molecule has 1 aliphatic carbocycles. The second-order valence-corrected chi connectivity index (χ2v) is 6.22. The fourth-order valence-corrected chi connectivity index (χ4v) is 3.18. The van der Waals surface area contributed by atoms with Crippen molar-refractivity contribution in [1.82, 2.24) is 9.03 Å². The van der Waals surface area contributed by atoms with Gasteiger partial charge >= 0.3 is 0 Å². The molecule has 0 atom stereocenters. The van der Waals surface area contributed by atoms with E-state index in [0.29, 0.717) is 18.8 Å². The Balaban J connectivity index is 2.11. The molecular weight excluding hydrogens is 250 g/mol. The summed E-state index contributed by atoms with van der Waals surface area (Å²) in [7, 11) is -3.40. The Morgan fingerprint density at radius 3 is 2.61 bits per heavy atom. The van der Waals surface area contributed by atoms with E-state index in [9.17, 15) is 8.42 Å². The number of nitrogens with one attached hydrogen (secondary N) is 1. The second kappa shape index (κ2) is 5.26. The first-order valence-electron chi connectivity index (χ1n) is 6.13. The fraction of sp³-hybridized carbons (Fsp3) is 0.500. The SMILES string of the molecule is CCN(Cc1ccccc1N)S(=O)(=O)NC1CC1. The van der Waals surface area contributed by atoms with Crippen LogP contribution >= 0.6 is 0 Å². The molecule has 2 rings (SSSR count). The van der Waals surface area contributed by atoms with E-state index < -0.39 is 10.2 Å². The van der Waals surface area contributed by atoms with Gasteiger partial charge in [-0.15, -0.1) is 0 Å². The van der Waals surface area contributed by atoms with Crippen LogP contribution in [0.5, 0.6) is 0 Å². The highest BCUT2D eigenvalue weighted by atomic mass is 32.2. The fourth-order valence-electron chi connectivity index (χ4n) is 1.72. The number of rotatable bonds is 6. The molecule has 1 aromatic carbocycles. The zero-order valence-electron chi connectivity index (χ0n) is 10.5. The maximum Gasteiger partial charge on any atom is 0.279 e. The number of para-hydroxylation sites is 1. The van der Waals surface area contributed by atoms with Crippen LogP contribution in [0.3, 0.4) is 0 Å². The van der Waals surface area contributed by atoms with E-state index in [0.717, 1.165) is 18.4 Å². The lowest BCUT2D eigenvalue weighted by Gasteiger charge is -2.21. The van der Waals surface area contributed by atoms with Gasteiger partial charge in [0.2, 0.25) is 0 Å². The molecule has 1 fully saturated rings. The van der Waals surface area contributed by atoms with E-state index in [4.69, 9.17) is 5.73 Å². The minimum atomic E-state index is -3.40. The summed E-state index contributed by atoms with van der Waals surface area (Å²) in [4.78, 5) is 0. The predicted molar refractivity (Wildman–Crippen MR) is 72.0 cm³/mol. The quantitative estimate of drug-likeness (QED) is 0.759. The molecule has 0 bridgehead atoms. The smallest absolute Gasteiger partial charge is 0.279 e. The first-order chi connectivity index (χ1) is 8.53. The van der Waals surface area contributed by atoms with Crippen LogP contribution in [0.4, 0.5) is 5.69 Å². The Kier molecular flexibility index (Phi) is 3.89. The predicted octanol–water partition coefficient (Wildman–Crippen LogP) is 1.09. The zero-order valence-corrected chi connectivity index (χ0v) is 11.3. The van der Waals surface area contributed by atoms with E-state index in [-0.39, 0.29) is 6.04 Å². The second-order valence-electron chi connectivity index (χ2n) is 4.52. The van der Waals surface area contributed by atoms with Gasteiger partial charge in [0.05, 0.1) is 0 Å². The van der Waals surface area contributed by atoms with Crippen molar-refractivity contribution in [3.8, 4) is 0 Å². The average Bonchev–Trinajstić information content (AvgIpc) is 3.11. The molecule has 5 nitrogen and oxygen atoms in total. The highest BCUT2D eigenvalue weighted by Crippen LogP contribution is 2.22. The zero-order chi connectivity index (χ0) is 13.2. The topological polar surface area (TPSA) is 75.4 Å². The van der Waals surface area contributed by atoms with E-state index >= 15 is 0 Å². The molecular formula is C12H19N3O2S. The van der Waals surface area contributed by atoms with Gasteiger partial charge < -0.3 is 5.73 Å². The maximum atomic E-state index is 12.1. The number of nitrogens with zero attached hydrogens (tertiary/aromatic N) is 1. The van der Waals surface area contributed by atoms with Gasteiger partial charge in [-0.05, 0) is 24.5 Å². The molecule has 0 saturated heterocycles. The summed E-state index contributed by atoms with van der Waals surface area (Å²) in [6.45, 7) is 2.56. The van der Waals surface area contributed by atoms with Gasteiger partial charge in [0.25, 0.3) is 10.2 Å². The Labute approximate surface area is 108 Å².